The van der Waals surface area contributed by atoms with Gasteiger partial charge in [-0.3, -0.25) is 4.79 Å². The third-order valence-corrected chi connectivity index (χ3v) is 4.22. The van der Waals surface area contributed by atoms with Gasteiger partial charge in [-0.05, 0) is 30.5 Å². The van der Waals surface area contributed by atoms with Crippen LogP contribution in [0.1, 0.15) is 24.4 Å². The van der Waals surface area contributed by atoms with Gasteiger partial charge in [-0.1, -0.05) is 23.7 Å². The minimum atomic E-state index is 0.183. The molecule has 0 radical (unpaired) electrons. The van der Waals surface area contributed by atoms with Gasteiger partial charge in [0.2, 0.25) is 5.91 Å². The number of carbonyl (C=O) groups is 1. The molecule has 1 aliphatic heterocycles. The van der Waals surface area contributed by atoms with Crippen LogP contribution in [0.4, 0.5) is 0 Å². The number of aromatic nitrogens is 2. The summed E-state index contributed by atoms with van der Waals surface area (Å²) in [4.78, 5) is 18.5. The van der Waals surface area contributed by atoms with Crippen LogP contribution in [0, 0.1) is 0 Å². The predicted octanol–water partition coefficient (Wildman–Crippen LogP) is 2.94. The molecule has 0 saturated carbocycles. The van der Waals surface area contributed by atoms with E-state index in [0.29, 0.717) is 17.5 Å². The number of halogens is 1. The molecule has 0 bridgehead atoms. The van der Waals surface area contributed by atoms with Gasteiger partial charge in [0.25, 0.3) is 0 Å². The monoisotopic (exact) mass is 303 g/mol. The van der Waals surface area contributed by atoms with Crippen molar-refractivity contribution >= 4 is 17.5 Å². The zero-order valence-electron chi connectivity index (χ0n) is 11.8. The molecule has 0 unspecified atom stereocenters. The second kappa shape index (κ2) is 6.31. The summed E-state index contributed by atoms with van der Waals surface area (Å²) < 4.78 is 2.10. The van der Waals surface area contributed by atoms with Crippen LogP contribution in [0.5, 0.6) is 0 Å². The SMILES string of the molecule is O=C(Cc1ccc(Cl)cc1)N1CCC[C@H](n2ccnc2)C1. The minimum Gasteiger partial charge on any atom is -0.340 e. The number of carbonyl (C=O) groups excluding carboxylic acids is 1. The highest BCUT2D eigenvalue weighted by atomic mass is 35.5. The van der Waals surface area contributed by atoms with E-state index >= 15 is 0 Å². The lowest BCUT2D eigenvalue weighted by molar-refractivity contribution is -0.132. The standard InChI is InChI=1S/C16H18ClN3O/c17-14-5-3-13(4-6-14)10-16(21)19-8-1-2-15(11-19)20-9-7-18-12-20/h3-7,9,12,15H,1-2,8,10-11H2/t15-/m0/s1. The number of benzene rings is 1. The van der Waals surface area contributed by atoms with E-state index < -0.39 is 0 Å². The Morgan fingerprint density at radius 1 is 1.33 bits per heavy atom. The number of hydrogen-bond acceptors (Lipinski definition) is 2. The molecule has 1 aromatic carbocycles. The zero-order valence-corrected chi connectivity index (χ0v) is 12.5. The molecule has 0 spiro atoms. The Morgan fingerprint density at radius 2 is 2.14 bits per heavy atom. The van der Waals surface area contributed by atoms with Crippen LogP contribution in [0.25, 0.3) is 0 Å². The van der Waals surface area contributed by atoms with Gasteiger partial charge in [0.15, 0.2) is 0 Å². The van der Waals surface area contributed by atoms with E-state index in [1.807, 2.05) is 41.7 Å². The van der Waals surface area contributed by atoms with Gasteiger partial charge in [0, 0.05) is 30.5 Å². The van der Waals surface area contributed by atoms with Crippen LogP contribution < -0.4 is 0 Å². The molecular weight excluding hydrogens is 286 g/mol. The lowest BCUT2D eigenvalue weighted by Crippen LogP contribution is -2.41. The zero-order chi connectivity index (χ0) is 14.7. The van der Waals surface area contributed by atoms with Crippen molar-refractivity contribution in [3.05, 3.63) is 53.6 Å². The highest BCUT2D eigenvalue weighted by Gasteiger charge is 2.24. The van der Waals surface area contributed by atoms with Gasteiger partial charge in [0.05, 0.1) is 18.8 Å². The van der Waals surface area contributed by atoms with Crippen molar-refractivity contribution in [2.45, 2.75) is 25.3 Å². The minimum absolute atomic E-state index is 0.183. The normalized spacial score (nSPS) is 18.7. The summed E-state index contributed by atoms with van der Waals surface area (Å²) in [5.74, 6) is 0.183. The van der Waals surface area contributed by atoms with Crippen LogP contribution in [0.15, 0.2) is 43.0 Å². The lowest BCUT2D eigenvalue weighted by atomic mass is 10.0. The molecule has 0 aliphatic carbocycles. The van der Waals surface area contributed by atoms with Crippen molar-refractivity contribution in [1.29, 1.82) is 0 Å². The van der Waals surface area contributed by atoms with Crippen LogP contribution in [-0.4, -0.2) is 33.4 Å². The summed E-state index contributed by atoms with van der Waals surface area (Å²) in [5.41, 5.74) is 1.01. The first-order chi connectivity index (χ1) is 10.2. The molecule has 1 amide bonds. The molecule has 2 aromatic rings. The van der Waals surface area contributed by atoms with Crippen molar-refractivity contribution < 1.29 is 4.79 Å². The highest BCUT2D eigenvalue weighted by Crippen LogP contribution is 2.22. The first-order valence-electron chi connectivity index (χ1n) is 7.22. The summed E-state index contributed by atoms with van der Waals surface area (Å²) in [5, 5.41) is 0.698. The molecule has 1 fully saturated rings. The average molecular weight is 304 g/mol. The fourth-order valence-corrected chi connectivity index (χ4v) is 2.92. The first kappa shape index (κ1) is 14.1. The van der Waals surface area contributed by atoms with Crippen molar-refractivity contribution in [1.82, 2.24) is 14.5 Å². The van der Waals surface area contributed by atoms with Crippen LogP contribution in [0.2, 0.25) is 5.02 Å². The van der Waals surface area contributed by atoms with Crippen molar-refractivity contribution in [2.75, 3.05) is 13.1 Å². The van der Waals surface area contributed by atoms with E-state index in [1.165, 1.54) is 0 Å². The molecule has 1 aliphatic rings. The Kier molecular flexibility index (Phi) is 4.25. The molecule has 4 nitrogen and oxygen atoms in total. The second-order valence-corrected chi connectivity index (χ2v) is 5.89. The molecular formula is C16H18ClN3O. The van der Waals surface area contributed by atoms with Crippen molar-refractivity contribution in [2.24, 2.45) is 0 Å². The van der Waals surface area contributed by atoms with E-state index in [2.05, 4.69) is 9.55 Å². The molecule has 0 N–H and O–H groups in total. The van der Waals surface area contributed by atoms with E-state index in [-0.39, 0.29) is 5.91 Å². The Balaban J connectivity index is 1.63. The lowest BCUT2D eigenvalue weighted by Gasteiger charge is -2.33. The molecule has 2 heterocycles. The Morgan fingerprint density at radius 3 is 2.86 bits per heavy atom. The van der Waals surface area contributed by atoms with Crippen molar-refractivity contribution in [3.63, 3.8) is 0 Å². The smallest absolute Gasteiger partial charge is 0.227 e. The van der Waals surface area contributed by atoms with Crippen LogP contribution in [-0.2, 0) is 11.2 Å². The molecule has 1 atom stereocenters. The fraction of sp³-hybridized carbons (Fsp3) is 0.375. The van der Waals surface area contributed by atoms with Gasteiger partial charge < -0.3 is 9.47 Å². The topological polar surface area (TPSA) is 38.1 Å². The van der Waals surface area contributed by atoms with Gasteiger partial charge in [0.1, 0.15) is 0 Å². The Bertz CT molecular complexity index is 594. The summed E-state index contributed by atoms with van der Waals surface area (Å²) in [6.07, 6.45) is 8.16. The number of amides is 1. The fourth-order valence-electron chi connectivity index (χ4n) is 2.80. The summed E-state index contributed by atoms with van der Waals surface area (Å²) in [7, 11) is 0. The number of hydrogen-bond donors (Lipinski definition) is 0. The quantitative estimate of drug-likeness (QED) is 0.874. The number of likely N-dealkylation sites (tertiary alicyclic amines) is 1. The maximum Gasteiger partial charge on any atom is 0.227 e. The third kappa shape index (κ3) is 3.45. The number of imidazole rings is 1. The number of piperidine rings is 1. The molecule has 5 heteroatoms. The maximum atomic E-state index is 12.4. The predicted molar refractivity (Wildman–Crippen MR) is 82.2 cm³/mol. The van der Waals surface area contributed by atoms with E-state index in [4.69, 9.17) is 11.6 Å². The maximum absolute atomic E-state index is 12.4. The average Bonchev–Trinajstić information content (AvgIpc) is 3.04. The van der Waals surface area contributed by atoms with Gasteiger partial charge in [-0.25, -0.2) is 4.98 Å². The van der Waals surface area contributed by atoms with Crippen LogP contribution in [0.3, 0.4) is 0 Å². The molecule has 1 aromatic heterocycles. The van der Waals surface area contributed by atoms with E-state index in [0.717, 1.165) is 31.5 Å². The van der Waals surface area contributed by atoms with Gasteiger partial charge in [-0.15, -0.1) is 0 Å². The van der Waals surface area contributed by atoms with E-state index in [9.17, 15) is 4.79 Å². The molecule has 1 saturated heterocycles. The summed E-state index contributed by atoms with van der Waals surface area (Å²) in [6, 6.07) is 7.83. The first-order valence-corrected chi connectivity index (χ1v) is 7.60. The summed E-state index contributed by atoms with van der Waals surface area (Å²) >= 11 is 5.87. The number of rotatable bonds is 3. The molecule has 110 valence electrons. The highest BCUT2D eigenvalue weighted by molar-refractivity contribution is 6.30. The summed E-state index contributed by atoms with van der Waals surface area (Å²) in [6.45, 7) is 1.61. The van der Waals surface area contributed by atoms with Crippen molar-refractivity contribution in [3.8, 4) is 0 Å². The van der Waals surface area contributed by atoms with E-state index in [1.54, 1.807) is 6.20 Å². The Labute approximate surface area is 129 Å². The number of nitrogens with zero attached hydrogens (tertiary/aromatic N) is 3. The van der Waals surface area contributed by atoms with Gasteiger partial charge >= 0.3 is 0 Å². The molecule has 3 rings (SSSR count). The van der Waals surface area contributed by atoms with Crippen LogP contribution >= 0.6 is 11.6 Å². The largest absolute Gasteiger partial charge is 0.340 e. The van der Waals surface area contributed by atoms with Gasteiger partial charge in [-0.2, -0.15) is 0 Å². The second-order valence-electron chi connectivity index (χ2n) is 5.45. The Hall–Kier alpha value is -1.81. The molecule has 21 heavy (non-hydrogen) atoms. The third-order valence-electron chi connectivity index (χ3n) is 3.96.